The van der Waals surface area contributed by atoms with Crippen LogP contribution in [-0.2, 0) is 0 Å². The largest absolute Gasteiger partial charge is 0.456 e. The number of fused-ring (bicyclic) bond motifs is 30. The van der Waals surface area contributed by atoms with Crippen LogP contribution in [0.2, 0.25) is 0 Å². The van der Waals surface area contributed by atoms with Crippen molar-refractivity contribution in [2.24, 2.45) is 0 Å². The minimum atomic E-state index is 0.913. The quantitative estimate of drug-likeness (QED) is 0.145. The zero-order valence-electron chi connectivity index (χ0n) is 72.9. The molecule has 0 unspecified atom stereocenters. The Labute approximate surface area is 772 Å². The lowest BCUT2D eigenvalue weighted by Gasteiger charge is -2.11. The molecule has 9 heteroatoms. The van der Waals surface area contributed by atoms with Gasteiger partial charge in [-0.05, 0) is 180 Å². The molecule has 9 heterocycles. The van der Waals surface area contributed by atoms with E-state index in [4.69, 9.17) is 13.3 Å². The van der Waals surface area contributed by atoms with E-state index in [1.807, 2.05) is 36.4 Å². The van der Waals surface area contributed by atoms with Gasteiger partial charge in [-0.1, -0.05) is 315 Å². The van der Waals surface area contributed by atoms with E-state index >= 15 is 0 Å². The molecule has 0 radical (unpaired) electrons. The summed E-state index contributed by atoms with van der Waals surface area (Å²) in [5, 5.41) is 22.0. The van der Waals surface area contributed by atoms with Crippen LogP contribution in [0.1, 0.15) is 0 Å². The van der Waals surface area contributed by atoms with E-state index in [-0.39, 0.29) is 0 Å². The molecule has 9 nitrogen and oxygen atoms in total. The topological polar surface area (TPSA) is 69.0 Å². The number of rotatable bonds is 9. The molecule has 9 aromatic heterocycles. The Morgan fingerprint density at radius 1 is 0.133 bits per heavy atom. The van der Waals surface area contributed by atoms with Crippen LogP contribution in [0.4, 0.5) is 0 Å². The molecule has 21 aromatic carbocycles. The van der Waals surface area contributed by atoms with Gasteiger partial charge in [-0.3, -0.25) is 0 Å². The first kappa shape index (κ1) is 75.8. The second kappa shape index (κ2) is 30.2. The smallest absolute Gasteiger partial charge is 0.143 e. The molecule has 0 N–H and O–H groups in total. The van der Waals surface area contributed by atoms with Gasteiger partial charge in [0.05, 0.1) is 66.2 Å². The second-order valence-electron chi connectivity index (χ2n) is 35.2. The number of para-hydroxylation sites is 14. The Morgan fingerprint density at radius 2 is 0.422 bits per heavy atom. The fourth-order valence-corrected chi connectivity index (χ4v) is 22.2. The molecule has 30 aromatic rings. The molecule has 0 aliphatic rings. The van der Waals surface area contributed by atoms with Crippen molar-refractivity contribution in [1.82, 2.24) is 27.4 Å². The monoisotopic (exact) mass is 1720 g/mol. The van der Waals surface area contributed by atoms with Gasteiger partial charge in [0, 0.05) is 142 Å². The van der Waals surface area contributed by atoms with E-state index in [1.165, 1.54) is 148 Å². The van der Waals surface area contributed by atoms with Crippen LogP contribution in [0.15, 0.2) is 486 Å². The van der Waals surface area contributed by atoms with Crippen molar-refractivity contribution in [2.75, 3.05) is 0 Å². The number of furan rings is 3. The van der Waals surface area contributed by atoms with Gasteiger partial charge >= 0.3 is 0 Å². The zero-order chi connectivity index (χ0) is 88.5. The Balaban J connectivity index is 0.000000101. The molecule has 0 aliphatic heterocycles. The maximum Gasteiger partial charge on any atom is 0.143 e. The number of aromatic nitrogens is 6. The maximum absolute atomic E-state index is 6.43. The molecule has 30 rings (SSSR count). The van der Waals surface area contributed by atoms with Crippen molar-refractivity contribution in [1.29, 1.82) is 0 Å². The predicted octanol–water partition coefficient (Wildman–Crippen LogP) is 34.3. The molecule has 0 bridgehead atoms. The highest BCUT2D eigenvalue weighted by Crippen LogP contribution is 2.49. The molecule has 0 atom stereocenters. The van der Waals surface area contributed by atoms with E-state index in [9.17, 15) is 0 Å². The van der Waals surface area contributed by atoms with E-state index in [0.717, 1.165) is 117 Å². The molecule has 0 saturated heterocycles. The minimum Gasteiger partial charge on any atom is -0.456 e. The highest BCUT2D eigenvalue weighted by atomic mass is 16.3. The fraction of sp³-hybridized carbons (Fsp3) is 0. The molecule has 0 fully saturated rings. The summed E-state index contributed by atoms with van der Waals surface area (Å²) in [6.45, 7) is 0. The Morgan fingerprint density at radius 3 is 0.837 bits per heavy atom. The van der Waals surface area contributed by atoms with Gasteiger partial charge < -0.3 is 40.7 Å². The molecule has 0 aliphatic carbocycles. The standard InChI is InChI=1S/3C42H26N2O/c1-2-13-28(14-3-1)44-36-21-7-4-16-31(36)33-24-25-38-40(41(33)44)35-18-5-8-22-37(35)43(38)29-15-10-12-27(26-29)30-19-11-20-34-32-17-6-9-23-39(32)45-42(30)34;1-2-11-28(12-3-1)44-36-18-7-4-13-31(36)33-25-26-38-40(41(33)44)35-15-5-8-19-37(35)43(38)29-23-21-27(22-24-29)30-16-10-17-34-32-14-6-9-20-39(32)45-42(30)34;1-2-10-29(11-3-1)44-36-15-7-4-12-31(36)33-23-24-38-41(42(33)44)34-14-5-8-16-37(34)43(38)30-21-18-27(19-22-30)28-20-25-40-35(26-28)32-13-6-9-17-39(32)45-40/h3*1-26H. The zero-order valence-corrected chi connectivity index (χ0v) is 72.9. The summed E-state index contributed by atoms with van der Waals surface area (Å²) in [5.41, 5.74) is 33.7. The van der Waals surface area contributed by atoms with Crippen molar-refractivity contribution in [3.63, 3.8) is 0 Å². The highest BCUT2D eigenvalue weighted by molar-refractivity contribution is 6.30. The van der Waals surface area contributed by atoms with Crippen molar-refractivity contribution >= 4 is 197 Å². The first-order valence-electron chi connectivity index (χ1n) is 46.1. The van der Waals surface area contributed by atoms with Crippen LogP contribution < -0.4 is 0 Å². The van der Waals surface area contributed by atoms with Crippen LogP contribution in [0.3, 0.4) is 0 Å². The molecule has 0 spiro atoms. The summed E-state index contributed by atoms with van der Waals surface area (Å²) >= 11 is 0. The third-order valence-electron chi connectivity index (χ3n) is 27.9. The number of benzene rings is 21. The number of nitrogens with zero attached hydrogens (tertiary/aromatic N) is 6. The molecular weight excluding hydrogens is 1650 g/mol. The normalized spacial score (nSPS) is 12.0. The third kappa shape index (κ3) is 11.7. The second-order valence-corrected chi connectivity index (χ2v) is 35.2. The van der Waals surface area contributed by atoms with Gasteiger partial charge in [0.1, 0.15) is 33.5 Å². The third-order valence-corrected chi connectivity index (χ3v) is 27.9. The highest BCUT2D eigenvalue weighted by Gasteiger charge is 2.27. The fourth-order valence-electron chi connectivity index (χ4n) is 22.2. The molecule has 135 heavy (non-hydrogen) atoms. The summed E-state index contributed by atoms with van der Waals surface area (Å²) in [6, 6.07) is 169. The molecule has 0 saturated carbocycles. The Bertz CT molecular complexity index is 10100. The van der Waals surface area contributed by atoms with Crippen LogP contribution in [0, 0.1) is 0 Å². The van der Waals surface area contributed by atoms with Gasteiger partial charge in [0.15, 0.2) is 0 Å². The lowest BCUT2D eigenvalue weighted by molar-refractivity contribution is 0.669. The van der Waals surface area contributed by atoms with Crippen molar-refractivity contribution in [3.05, 3.63) is 473 Å². The molecule has 630 valence electrons. The van der Waals surface area contributed by atoms with Crippen LogP contribution in [-0.4, -0.2) is 27.4 Å². The predicted molar refractivity (Wildman–Crippen MR) is 564 cm³/mol. The maximum atomic E-state index is 6.43. The van der Waals surface area contributed by atoms with Gasteiger partial charge in [-0.2, -0.15) is 0 Å². The molecule has 0 amide bonds. The number of hydrogen-bond donors (Lipinski definition) is 0. The van der Waals surface area contributed by atoms with Crippen molar-refractivity contribution in [2.45, 2.75) is 0 Å². The van der Waals surface area contributed by atoms with Crippen molar-refractivity contribution < 1.29 is 13.3 Å². The van der Waals surface area contributed by atoms with Crippen LogP contribution >= 0.6 is 0 Å². The first-order valence-corrected chi connectivity index (χ1v) is 46.1. The molecular formula is C126H78N6O3. The van der Waals surface area contributed by atoms with E-state index in [1.54, 1.807) is 0 Å². The minimum absolute atomic E-state index is 0.913. The van der Waals surface area contributed by atoms with Gasteiger partial charge in [-0.15, -0.1) is 0 Å². The van der Waals surface area contributed by atoms with Crippen LogP contribution in [0.25, 0.3) is 264 Å². The van der Waals surface area contributed by atoms with E-state index in [2.05, 4.69) is 464 Å². The Hall–Kier alpha value is -18.2. The summed E-state index contributed by atoms with van der Waals surface area (Å²) < 4.78 is 33.4. The van der Waals surface area contributed by atoms with Gasteiger partial charge in [-0.25, -0.2) is 0 Å². The summed E-state index contributed by atoms with van der Waals surface area (Å²) in [4.78, 5) is 0. The van der Waals surface area contributed by atoms with Crippen LogP contribution in [0.5, 0.6) is 0 Å². The van der Waals surface area contributed by atoms with Crippen molar-refractivity contribution in [3.8, 4) is 67.5 Å². The average molecular weight is 1720 g/mol. The first-order chi connectivity index (χ1) is 67.0. The van der Waals surface area contributed by atoms with Gasteiger partial charge in [0.25, 0.3) is 0 Å². The lowest BCUT2D eigenvalue weighted by atomic mass is 10.0. The Kier molecular flexibility index (Phi) is 17.0. The van der Waals surface area contributed by atoms with E-state index in [0.29, 0.717) is 0 Å². The summed E-state index contributed by atoms with van der Waals surface area (Å²) in [7, 11) is 0. The number of hydrogen-bond acceptors (Lipinski definition) is 3. The summed E-state index contributed by atoms with van der Waals surface area (Å²) in [6.07, 6.45) is 0. The summed E-state index contributed by atoms with van der Waals surface area (Å²) in [5.74, 6) is 0. The SMILES string of the molecule is c1ccc(-n2c3ccccc3c3ccc4c(c5ccccc5n4-c4ccc(-c5ccc6oc7ccccc7c6c5)cc4)c32)cc1.c1ccc(-n2c3ccccc3c3ccc4c(c5ccccc5n4-c4ccc(-c5cccc6c5oc5ccccc56)cc4)c32)cc1.c1ccc(-n2c3ccccc3c3ccc4c(c5ccccc5n4-c4cccc(-c5cccc6c5oc5ccccc56)c4)c32)cc1. The lowest BCUT2D eigenvalue weighted by Crippen LogP contribution is -1.95. The van der Waals surface area contributed by atoms with Gasteiger partial charge in [0.2, 0.25) is 0 Å². The van der Waals surface area contributed by atoms with E-state index < -0.39 is 0 Å². The average Bonchev–Trinajstić information content (AvgIpc) is 1.55.